The Morgan fingerprint density at radius 1 is 1.32 bits per heavy atom. The molecule has 0 spiro atoms. The number of hydrogen-bond donors (Lipinski definition) is 1. The molecule has 0 radical (unpaired) electrons. The summed E-state index contributed by atoms with van der Waals surface area (Å²) in [5, 5.41) is 3.36. The van der Waals surface area contributed by atoms with Crippen LogP contribution in [0.5, 0.6) is 5.75 Å². The topological polar surface area (TPSA) is 21.3 Å². The summed E-state index contributed by atoms with van der Waals surface area (Å²) in [6.07, 6.45) is 6.17. The first kappa shape index (κ1) is 14.3. The van der Waals surface area contributed by atoms with Crippen LogP contribution in [0.1, 0.15) is 57.6 Å². The second-order valence-corrected chi connectivity index (χ2v) is 5.34. The summed E-state index contributed by atoms with van der Waals surface area (Å²) >= 11 is 0. The SMILES string of the molecule is CCNC(C)c1ccc(F)cc1OC1CCCCC1. The lowest BCUT2D eigenvalue weighted by Crippen LogP contribution is -2.23. The van der Waals surface area contributed by atoms with Crippen LogP contribution in [0.2, 0.25) is 0 Å². The molecule has 1 saturated carbocycles. The molecule has 0 aliphatic heterocycles. The second kappa shape index (κ2) is 6.90. The maximum absolute atomic E-state index is 13.5. The minimum atomic E-state index is -0.224. The Kier molecular flexibility index (Phi) is 5.20. The van der Waals surface area contributed by atoms with Crippen molar-refractivity contribution in [3.63, 3.8) is 0 Å². The Morgan fingerprint density at radius 2 is 2.05 bits per heavy atom. The van der Waals surface area contributed by atoms with Crippen molar-refractivity contribution in [3.05, 3.63) is 29.6 Å². The normalized spacial score (nSPS) is 18.3. The fourth-order valence-corrected chi connectivity index (χ4v) is 2.75. The molecular weight excluding hydrogens is 241 g/mol. The highest BCUT2D eigenvalue weighted by atomic mass is 19.1. The van der Waals surface area contributed by atoms with Crippen molar-refractivity contribution in [3.8, 4) is 5.75 Å². The first-order valence-electron chi connectivity index (χ1n) is 7.40. The van der Waals surface area contributed by atoms with E-state index in [4.69, 9.17) is 4.74 Å². The minimum Gasteiger partial charge on any atom is -0.490 e. The minimum absolute atomic E-state index is 0.184. The Balaban J connectivity index is 2.14. The van der Waals surface area contributed by atoms with E-state index in [0.717, 1.165) is 24.9 Å². The van der Waals surface area contributed by atoms with Crippen LogP contribution in [0.3, 0.4) is 0 Å². The molecule has 19 heavy (non-hydrogen) atoms. The van der Waals surface area contributed by atoms with Crippen LogP contribution in [-0.4, -0.2) is 12.6 Å². The molecule has 1 unspecified atom stereocenters. The van der Waals surface area contributed by atoms with Gasteiger partial charge in [-0.05, 0) is 45.2 Å². The molecule has 1 aliphatic carbocycles. The van der Waals surface area contributed by atoms with Gasteiger partial charge in [-0.3, -0.25) is 0 Å². The number of rotatable bonds is 5. The highest BCUT2D eigenvalue weighted by Crippen LogP contribution is 2.30. The summed E-state index contributed by atoms with van der Waals surface area (Å²) in [4.78, 5) is 0. The van der Waals surface area contributed by atoms with Gasteiger partial charge in [0.25, 0.3) is 0 Å². The lowest BCUT2D eigenvalue weighted by atomic mass is 9.97. The lowest BCUT2D eigenvalue weighted by molar-refractivity contribution is 0.152. The van der Waals surface area contributed by atoms with Crippen molar-refractivity contribution in [1.29, 1.82) is 0 Å². The lowest BCUT2D eigenvalue weighted by Gasteiger charge is -2.26. The van der Waals surface area contributed by atoms with E-state index in [1.165, 1.54) is 31.4 Å². The van der Waals surface area contributed by atoms with Crippen molar-refractivity contribution in [2.24, 2.45) is 0 Å². The van der Waals surface area contributed by atoms with Gasteiger partial charge in [0.15, 0.2) is 0 Å². The molecule has 0 amide bonds. The van der Waals surface area contributed by atoms with Crippen LogP contribution < -0.4 is 10.1 Å². The van der Waals surface area contributed by atoms with Gasteiger partial charge in [0.05, 0.1) is 6.10 Å². The molecule has 1 aliphatic rings. The van der Waals surface area contributed by atoms with Crippen molar-refractivity contribution < 1.29 is 9.13 Å². The summed E-state index contributed by atoms with van der Waals surface area (Å²) < 4.78 is 19.5. The molecule has 1 atom stereocenters. The van der Waals surface area contributed by atoms with Gasteiger partial charge in [-0.2, -0.15) is 0 Å². The van der Waals surface area contributed by atoms with Crippen LogP contribution in [0.15, 0.2) is 18.2 Å². The standard InChI is InChI=1S/C16H24FNO/c1-3-18-12(2)15-10-9-13(17)11-16(15)19-14-7-5-4-6-8-14/h9-12,14,18H,3-8H2,1-2H3. The molecule has 3 heteroatoms. The molecule has 0 bridgehead atoms. The molecule has 1 N–H and O–H groups in total. The van der Waals surface area contributed by atoms with Crippen molar-refractivity contribution in [2.45, 2.75) is 58.1 Å². The third kappa shape index (κ3) is 3.93. The van der Waals surface area contributed by atoms with Gasteiger partial charge < -0.3 is 10.1 Å². The second-order valence-electron chi connectivity index (χ2n) is 5.34. The maximum Gasteiger partial charge on any atom is 0.127 e. The van der Waals surface area contributed by atoms with Crippen LogP contribution in [0, 0.1) is 5.82 Å². The molecule has 0 heterocycles. The van der Waals surface area contributed by atoms with E-state index in [-0.39, 0.29) is 18.0 Å². The number of ether oxygens (including phenoxy) is 1. The Bertz CT molecular complexity index is 402. The summed E-state index contributed by atoms with van der Waals surface area (Å²) in [5.41, 5.74) is 1.05. The summed E-state index contributed by atoms with van der Waals surface area (Å²) in [5.74, 6) is 0.485. The maximum atomic E-state index is 13.5. The van der Waals surface area contributed by atoms with Crippen LogP contribution >= 0.6 is 0 Å². The van der Waals surface area contributed by atoms with E-state index in [1.807, 2.05) is 6.07 Å². The zero-order chi connectivity index (χ0) is 13.7. The molecule has 106 valence electrons. The highest BCUT2D eigenvalue weighted by molar-refractivity contribution is 5.36. The first-order valence-corrected chi connectivity index (χ1v) is 7.40. The highest BCUT2D eigenvalue weighted by Gasteiger charge is 2.18. The van der Waals surface area contributed by atoms with Crippen LogP contribution in [0.25, 0.3) is 0 Å². The summed E-state index contributed by atoms with van der Waals surface area (Å²) in [7, 11) is 0. The zero-order valence-electron chi connectivity index (χ0n) is 11.9. The molecule has 1 aromatic rings. The third-order valence-electron chi connectivity index (χ3n) is 3.80. The van der Waals surface area contributed by atoms with Crippen molar-refractivity contribution >= 4 is 0 Å². The first-order chi connectivity index (χ1) is 9.20. The van der Waals surface area contributed by atoms with Gasteiger partial charge in [0.2, 0.25) is 0 Å². The monoisotopic (exact) mass is 265 g/mol. The fourth-order valence-electron chi connectivity index (χ4n) is 2.75. The molecule has 1 aromatic carbocycles. The largest absolute Gasteiger partial charge is 0.490 e. The Hall–Kier alpha value is -1.09. The van der Waals surface area contributed by atoms with E-state index >= 15 is 0 Å². The predicted molar refractivity (Wildman–Crippen MR) is 76.0 cm³/mol. The van der Waals surface area contributed by atoms with Gasteiger partial charge in [-0.25, -0.2) is 4.39 Å². The Labute approximate surface area is 115 Å². The fraction of sp³-hybridized carbons (Fsp3) is 0.625. The number of hydrogen-bond acceptors (Lipinski definition) is 2. The number of nitrogens with one attached hydrogen (secondary N) is 1. The molecule has 2 nitrogen and oxygen atoms in total. The van der Waals surface area contributed by atoms with E-state index in [1.54, 1.807) is 0 Å². The predicted octanol–water partition coefficient (Wildman–Crippen LogP) is 4.21. The molecule has 0 aromatic heterocycles. The van der Waals surface area contributed by atoms with Gasteiger partial charge in [0, 0.05) is 17.7 Å². The number of halogens is 1. The molecule has 0 saturated heterocycles. The van der Waals surface area contributed by atoms with Gasteiger partial charge in [0.1, 0.15) is 11.6 Å². The molecular formula is C16H24FNO. The van der Waals surface area contributed by atoms with Crippen LogP contribution in [0.4, 0.5) is 4.39 Å². The van der Waals surface area contributed by atoms with Crippen molar-refractivity contribution in [2.75, 3.05) is 6.54 Å². The third-order valence-corrected chi connectivity index (χ3v) is 3.80. The number of benzene rings is 1. The average molecular weight is 265 g/mol. The van der Waals surface area contributed by atoms with Gasteiger partial charge >= 0.3 is 0 Å². The van der Waals surface area contributed by atoms with Gasteiger partial charge in [-0.1, -0.05) is 19.4 Å². The van der Waals surface area contributed by atoms with Crippen molar-refractivity contribution in [1.82, 2.24) is 5.32 Å². The van der Waals surface area contributed by atoms with Crippen LogP contribution in [-0.2, 0) is 0 Å². The van der Waals surface area contributed by atoms with E-state index < -0.39 is 0 Å². The summed E-state index contributed by atoms with van der Waals surface area (Å²) in [6.45, 7) is 5.05. The molecule has 2 rings (SSSR count). The van der Waals surface area contributed by atoms with Gasteiger partial charge in [-0.15, -0.1) is 0 Å². The van der Waals surface area contributed by atoms with E-state index in [0.29, 0.717) is 5.75 Å². The smallest absolute Gasteiger partial charge is 0.127 e. The average Bonchev–Trinajstić information content (AvgIpc) is 2.40. The zero-order valence-corrected chi connectivity index (χ0v) is 11.9. The Morgan fingerprint density at radius 3 is 2.74 bits per heavy atom. The summed E-state index contributed by atoms with van der Waals surface area (Å²) in [6, 6.07) is 5.05. The molecule has 1 fully saturated rings. The van der Waals surface area contributed by atoms with E-state index in [9.17, 15) is 4.39 Å². The van der Waals surface area contributed by atoms with E-state index in [2.05, 4.69) is 19.2 Å². The quantitative estimate of drug-likeness (QED) is 0.861.